The van der Waals surface area contributed by atoms with Gasteiger partial charge in [-0.05, 0) is 92.7 Å². The second-order valence-electron chi connectivity index (χ2n) is 10.8. The number of phenols is 2. The Morgan fingerprint density at radius 1 is 0.703 bits per heavy atom. The molecule has 1 fully saturated rings. The van der Waals surface area contributed by atoms with Gasteiger partial charge in [-0.2, -0.15) is 0 Å². The molecule has 4 heteroatoms. The standard InChI is InChI=1S/C33H48N2O2/c1-5-8-13-25-18-24(4)32(36)28(20-25)22-34-30-16-11-12-17-31(30)35-23-29-21-26(14-9-6-2)19-27(33(29)37)15-10-7-3/h18-23,30-31,36-37H,5-17H2,1-4H3/b34-22+,35-23+/t30-,31?/m0/s1. The van der Waals surface area contributed by atoms with Crippen LogP contribution in [0.3, 0.4) is 0 Å². The molecule has 0 bridgehead atoms. The summed E-state index contributed by atoms with van der Waals surface area (Å²) in [6, 6.07) is 8.66. The number of hydrogen-bond donors (Lipinski definition) is 2. The van der Waals surface area contributed by atoms with Crippen molar-refractivity contribution in [1.82, 2.24) is 0 Å². The molecule has 3 rings (SSSR count). The van der Waals surface area contributed by atoms with Gasteiger partial charge in [0.2, 0.25) is 0 Å². The zero-order valence-corrected chi connectivity index (χ0v) is 23.6. The van der Waals surface area contributed by atoms with Crippen LogP contribution in [0.2, 0.25) is 0 Å². The van der Waals surface area contributed by atoms with Crippen molar-refractivity contribution in [3.05, 3.63) is 57.6 Å². The van der Waals surface area contributed by atoms with Crippen molar-refractivity contribution in [2.24, 2.45) is 9.98 Å². The van der Waals surface area contributed by atoms with Gasteiger partial charge in [-0.25, -0.2) is 0 Å². The van der Waals surface area contributed by atoms with E-state index in [0.29, 0.717) is 11.5 Å². The van der Waals surface area contributed by atoms with Crippen molar-refractivity contribution in [3.8, 4) is 11.5 Å². The summed E-state index contributed by atoms with van der Waals surface area (Å²) in [5.74, 6) is 0.714. The molecule has 0 aromatic heterocycles. The Morgan fingerprint density at radius 3 is 1.73 bits per heavy atom. The number of aliphatic imine (C=N–C) groups is 2. The molecule has 37 heavy (non-hydrogen) atoms. The lowest BCUT2D eigenvalue weighted by atomic mass is 9.91. The minimum atomic E-state index is 0.0917. The Bertz CT molecular complexity index is 1060. The highest BCUT2D eigenvalue weighted by molar-refractivity contribution is 5.85. The lowest BCUT2D eigenvalue weighted by Gasteiger charge is -2.25. The molecule has 1 aliphatic rings. The molecule has 2 aromatic carbocycles. The van der Waals surface area contributed by atoms with Gasteiger partial charge < -0.3 is 10.2 Å². The first kappa shape index (κ1) is 28.9. The molecule has 0 amide bonds. The molecule has 0 radical (unpaired) electrons. The van der Waals surface area contributed by atoms with E-state index in [4.69, 9.17) is 9.98 Å². The van der Waals surface area contributed by atoms with Crippen molar-refractivity contribution < 1.29 is 10.2 Å². The first-order valence-corrected chi connectivity index (χ1v) is 14.7. The second-order valence-corrected chi connectivity index (χ2v) is 10.8. The predicted molar refractivity (Wildman–Crippen MR) is 158 cm³/mol. The summed E-state index contributed by atoms with van der Waals surface area (Å²) in [5, 5.41) is 21.7. The number of benzene rings is 2. The number of unbranched alkanes of at least 4 members (excludes halogenated alkanes) is 3. The fourth-order valence-electron chi connectivity index (χ4n) is 5.27. The van der Waals surface area contributed by atoms with Crippen LogP contribution in [0.1, 0.15) is 118 Å². The van der Waals surface area contributed by atoms with Gasteiger partial charge in [0.15, 0.2) is 0 Å². The number of phenolic OH excluding ortho intramolecular Hbond substituents is 2. The highest BCUT2D eigenvalue weighted by atomic mass is 16.3. The highest BCUT2D eigenvalue weighted by Gasteiger charge is 2.23. The van der Waals surface area contributed by atoms with Gasteiger partial charge in [0.05, 0.1) is 12.1 Å². The van der Waals surface area contributed by atoms with Crippen LogP contribution in [0.5, 0.6) is 11.5 Å². The van der Waals surface area contributed by atoms with Crippen LogP contribution in [0, 0.1) is 6.92 Å². The molecular formula is C33H48N2O2. The molecular weight excluding hydrogens is 456 g/mol. The molecule has 2 aromatic rings. The maximum absolute atomic E-state index is 11.0. The average Bonchev–Trinajstić information content (AvgIpc) is 2.91. The summed E-state index contributed by atoms with van der Waals surface area (Å²) in [7, 11) is 0. The second kappa shape index (κ2) is 15.0. The summed E-state index contributed by atoms with van der Waals surface area (Å²) in [4.78, 5) is 9.94. The summed E-state index contributed by atoms with van der Waals surface area (Å²) < 4.78 is 0. The van der Waals surface area contributed by atoms with Crippen LogP contribution in [0.4, 0.5) is 0 Å². The fraction of sp³-hybridized carbons (Fsp3) is 0.576. The minimum Gasteiger partial charge on any atom is -0.507 e. The van der Waals surface area contributed by atoms with Crippen molar-refractivity contribution in [3.63, 3.8) is 0 Å². The van der Waals surface area contributed by atoms with E-state index >= 15 is 0 Å². The van der Waals surface area contributed by atoms with Gasteiger partial charge in [0, 0.05) is 23.6 Å². The Labute approximate surface area is 225 Å². The van der Waals surface area contributed by atoms with E-state index in [0.717, 1.165) is 106 Å². The van der Waals surface area contributed by atoms with E-state index in [1.54, 1.807) is 0 Å². The van der Waals surface area contributed by atoms with E-state index in [2.05, 4.69) is 45.0 Å². The third-order valence-electron chi connectivity index (χ3n) is 7.61. The maximum atomic E-state index is 11.0. The molecule has 0 saturated heterocycles. The third kappa shape index (κ3) is 8.45. The number of nitrogens with zero attached hydrogens (tertiary/aromatic N) is 2. The fourth-order valence-corrected chi connectivity index (χ4v) is 5.27. The lowest BCUT2D eigenvalue weighted by molar-refractivity contribution is 0.390. The van der Waals surface area contributed by atoms with Crippen LogP contribution < -0.4 is 0 Å². The van der Waals surface area contributed by atoms with E-state index < -0.39 is 0 Å². The van der Waals surface area contributed by atoms with Gasteiger partial charge >= 0.3 is 0 Å². The van der Waals surface area contributed by atoms with Crippen LogP contribution in [0.15, 0.2) is 34.3 Å². The number of hydrogen-bond acceptors (Lipinski definition) is 4. The van der Waals surface area contributed by atoms with Crippen LogP contribution in [0.25, 0.3) is 0 Å². The molecule has 0 heterocycles. The third-order valence-corrected chi connectivity index (χ3v) is 7.61. The molecule has 1 aliphatic carbocycles. The van der Waals surface area contributed by atoms with Crippen molar-refractivity contribution >= 4 is 12.4 Å². The summed E-state index contributed by atoms with van der Waals surface area (Å²) in [6.07, 6.45) is 17.8. The molecule has 1 unspecified atom stereocenters. The van der Waals surface area contributed by atoms with Crippen molar-refractivity contribution in [1.29, 1.82) is 0 Å². The maximum Gasteiger partial charge on any atom is 0.127 e. The zero-order valence-electron chi connectivity index (χ0n) is 23.6. The molecule has 202 valence electrons. The van der Waals surface area contributed by atoms with Crippen molar-refractivity contribution in [2.45, 2.75) is 123 Å². The first-order chi connectivity index (χ1) is 18.0. The topological polar surface area (TPSA) is 65.2 Å². The smallest absolute Gasteiger partial charge is 0.127 e. The lowest BCUT2D eigenvalue weighted by Crippen LogP contribution is -2.27. The van der Waals surface area contributed by atoms with Crippen molar-refractivity contribution in [2.75, 3.05) is 0 Å². The van der Waals surface area contributed by atoms with Gasteiger partial charge in [-0.1, -0.05) is 65.0 Å². The van der Waals surface area contributed by atoms with E-state index in [1.165, 1.54) is 11.1 Å². The van der Waals surface area contributed by atoms with Crippen LogP contribution in [-0.2, 0) is 19.3 Å². The number of aromatic hydroxyl groups is 2. The molecule has 0 aliphatic heterocycles. The SMILES string of the molecule is CCCCc1cc(C)c(O)c(/C=N/[C@H]2CCCCC2/N=C/c2cc(CCCC)cc(CCCC)c2O)c1. The van der Waals surface area contributed by atoms with Crippen LogP contribution in [-0.4, -0.2) is 34.7 Å². The van der Waals surface area contributed by atoms with Gasteiger partial charge in [0.25, 0.3) is 0 Å². The average molecular weight is 505 g/mol. The quantitative estimate of drug-likeness (QED) is 0.270. The molecule has 2 N–H and O–H groups in total. The number of aryl methyl sites for hydroxylation is 4. The minimum absolute atomic E-state index is 0.0917. The summed E-state index contributed by atoms with van der Waals surface area (Å²) in [5.41, 5.74) is 6.15. The normalized spacial score (nSPS) is 18.3. The molecule has 0 spiro atoms. The Morgan fingerprint density at radius 2 is 1.19 bits per heavy atom. The van der Waals surface area contributed by atoms with E-state index in [9.17, 15) is 10.2 Å². The number of rotatable bonds is 13. The largest absolute Gasteiger partial charge is 0.507 e. The highest BCUT2D eigenvalue weighted by Crippen LogP contribution is 2.29. The zero-order chi connectivity index (χ0) is 26.6. The molecule has 2 atom stereocenters. The Balaban J connectivity index is 1.82. The van der Waals surface area contributed by atoms with E-state index in [-0.39, 0.29) is 12.1 Å². The molecule has 1 saturated carbocycles. The first-order valence-electron chi connectivity index (χ1n) is 14.7. The molecule has 4 nitrogen and oxygen atoms in total. The van der Waals surface area contributed by atoms with E-state index in [1.807, 2.05) is 19.4 Å². The Kier molecular flexibility index (Phi) is 11.7. The monoisotopic (exact) mass is 504 g/mol. The Hall–Kier alpha value is -2.62. The summed E-state index contributed by atoms with van der Waals surface area (Å²) in [6.45, 7) is 8.57. The predicted octanol–water partition coefficient (Wildman–Crippen LogP) is 8.28. The van der Waals surface area contributed by atoms with Gasteiger partial charge in [0.1, 0.15) is 11.5 Å². The summed E-state index contributed by atoms with van der Waals surface area (Å²) >= 11 is 0. The van der Waals surface area contributed by atoms with Gasteiger partial charge in [-0.3, -0.25) is 9.98 Å². The van der Waals surface area contributed by atoms with Crippen LogP contribution >= 0.6 is 0 Å². The van der Waals surface area contributed by atoms with Gasteiger partial charge in [-0.15, -0.1) is 0 Å².